The topological polar surface area (TPSA) is 49.3 Å². The molecule has 2 rings (SSSR count). The first-order valence-corrected chi connectivity index (χ1v) is 8.11. The van der Waals surface area contributed by atoms with Gasteiger partial charge >= 0.3 is 5.97 Å². The average Bonchev–Trinajstić information content (AvgIpc) is 2.43. The van der Waals surface area contributed by atoms with Crippen LogP contribution in [-0.4, -0.2) is 17.6 Å². The van der Waals surface area contributed by atoms with E-state index in [0.717, 1.165) is 53.8 Å². The van der Waals surface area contributed by atoms with Crippen LogP contribution in [0.5, 0.6) is 0 Å². The van der Waals surface area contributed by atoms with Gasteiger partial charge in [-0.2, -0.15) is 0 Å². The summed E-state index contributed by atoms with van der Waals surface area (Å²) >= 11 is 9.43. The third kappa shape index (κ3) is 4.47. The predicted octanol–water partition coefficient (Wildman–Crippen LogP) is 4.08. The van der Waals surface area contributed by atoms with Gasteiger partial charge in [0.2, 0.25) is 0 Å². The quantitative estimate of drug-likeness (QED) is 0.831. The smallest absolute Gasteiger partial charge is 0.306 e. The summed E-state index contributed by atoms with van der Waals surface area (Å²) in [5.74, 6) is -0.172. The molecule has 0 spiro atoms. The van der Waals surface area contributed by atoms with Gasteiger partial charge in [0.25, 0.3) is 0 Å². The number of carboxylic acids is 1. The molecule has 5 heteroatoms. The number of nitrogens with one attached hydrogen (secondary N) is 1. The lowest BCUT2D eigenvalue weighted by molar-refractivity contribution is -0.143. The first-order valence-electron chi connectivity index (χ1n) is 6.93. The number of carboxylic acid groups (broad SMARTS) is 1. The van der Waals surface area contributed by atoms with Crippen molar-refractivity contribution in [3.05, 3.63) is 33.3 Å². The van der Waals surface area contributed by atoms with E-state index in [1.165, 1.54) is 0 Å². The highest BCUT2D eigenvalue weighted by atomic mass is 79.9. The Balaban J connectivity index is 1.71. The van der Waals surface area contributed by atoms with Gasteiger partial charge in [0, 0.05) is 11.0 Å². The van der Waals surface area contributed by atoms with E-state index in [2.05, 4.69) is 21.2 Å². The van der Waals surface area contributed by atoms with Gasteiger partial charge in [-0.3, -0.25) is 4.79 Å². The van der Waals surface area contributed by atoms with Gasteiger partial charge in [-0.25, -0.2) is 0 Å². The molecule has 1 aliphatic rings. The van der Waals surface area contributed by atoms with Crippen LogP contribution in [-0.2, 0) is 11.3 Å². The van der Waals surface area contributed by atoms with E-state index in [1.54, 1.807) is 0 Å². The van der Waals surface area contributed by atoms with Crippen molar-refractivity contribution in [1.29, 1.82) is 0 Å². The van der Waals surface area contributed by atoms with Crippen molar-refractivity contribution < 1.29 is 9.90 Å². The fourth-order valence-electron chi connectivity index (χ4n) is 2.68. The molecular formula is C15H19BrClNO2. The van der Waals surface area contributed by atoms with Crippen molar-refractivity contribution in [2.45, 2.75) is 32.2 Å². The molecule has 1 aliphatic carbocycles. The molecule has 0 saturated heterocycles. The van der Waals surface area contributed by atoms with E-state index >= 15 is 0 Å². The van der Waals surface area contributed by atoms with Crippen molar-refractivity contribution in [1.82, 2.24) is 5.32 Å². The van der Waals surface area contributed by atoms with Crippen LogP contribution in [0.4, 0.5) is 0 Å². The van der Waals surface area contributed by atoms with Gasteiger partial charge in [0.1, 0.15) is 0 Å². The fraction of sp³-hybridized carbons (Fsp3) is 0.533. The van der Waals surface area contributed by atoms with Crippen LogP contribution in [0.2, 0.25) is 5.02 Å². The molecule has 2 N–H and O–H groups in total. The van der Waals surface area contributed by atoms with E-state index in [0.29, 0.717) is 5.92 Å². The van der Waals surface area contributed by atoms with Gasteiger partial charge in [0.05, 0.1) is 10.9 Å². The zero-order valence-electron chi connectivity index (χ0n) is 11.2. The van der Waals surface area contributed by atoms with Crippen LogP contribution in [0.25, 0.3) is 0 Å². The van der Waals surface area contributed by atoms with Crippen LogP contribution >= 0.6 is 27.5 Å². The summed E-state index contributed by atoms with van der Waals surface area (Å²) in [6.07, 6.45) is 3.63. The molecule has 1 aromatic carbocycles. The maximum atomic E-state index is 10.9. The minimum atomic E-state index is -0.638. The molecule has 0 aliphatic heterocycles. The number of halogens is 2. The SMILES string of the molecule is O=C(O)C1CCC(CNCc2ccc(Br)c(Cl)c2)CC1. The van der Waals surface area contributed by atoms with Gasteiger partial charge in [-0.1, -0.05) is 17.7 Å². The maximum Gasteiger partial charge on any atom is 0.306 e. The molecule has 110 valence electrons. The molecule has 20 heavy (non-hydrogen) atoms. The second-order valence-electron chi connectivity index (χ2n) is 5.44. The largest absolute Gasteiger partial charge is 0.481 e. The van der Waals surface area contributed by atoms with Crippen LogP contribution in [0.3, 0.4) is 0 Å². The number of hydrogen-bond donors (Lipinski definition) is 2. The number of benzene rings is 1. The zero-order chi connectivity index (χ0) is 14.5. The molecule has 1 fully saturated rings. The monoisotopic (exact) mass is 359 g/mol. The van der Waals surface area contributed by atoms with E-state index in [1.807, 2.05) is 18.2 Å². The Morgan fingerprint density at radius 3 is 2.65 bits per heavy atom. The van der Waals surface area contributed by atoms with Crippen molar-refractivity contribution in [3.8, 4) is 0 Å². The third-order valence-corrected chi connectivity index (χ3v) is 5.17. The molecule has 1 saturated carbocycles. The Morgan fingerprint density at radius 1 is 1.35 bits per heavy atom. The molecule has 1 aromatic rings. The third-order valence-electron chi connectivity index (χ3n) is 3.94. The number of rotatable bonds is 5. The number of carbonyl (C=O) groups is 1. The Kier molecular flexibility index (Phi) is 5.87. The maximum absolute atomic E-state index is 10.9. The zero-order valence-corrected chi connectivity index (χ0v) is 13.6. The Morgan fingerprint density at radius 2 is 2.05 bits per heavy atom. The molecule has 0 heterocycles. The molecule has 0 unspecified atom stereocenters. The number of aliphatic carboxylic acids is 1. The van der Waals surface area contributed by atoms with Crippen LogP contribution in [0.15, 0.2) is 22.7 Å². The normalized spacial score (nSPS) is 22.7. The van der Waals surface area contributed by atoms with Crippen LogP contribution in [0, 0.1) is 11.8 Å². The Bertz CT molecular complexity index is 473. The van der Waals surface area contributed by atoms with Crippen molar-refractivity contribution >= 4 is 33.5 Å². The average molecular weight is 361 g/mol. The standard InChI is InChI=1S/C15H19BrClNO2/c16-13-6-3-11(7-14(13)17)9-18-8-10-1-4-12(5-2-10)15(19)20/h3,6-7,10,12,18H,1-2,4-5,8-9H2,(H,19,20). The molecule has 0 atom stereocenters. The molecule has 0 radical (unpaired) electrons. The highest BCUT2D eigenvalue weighted by Gasteiger charge is 2.25. The summed E-state index contributed by atoms with van der Waals surface area (Å²) in [7, 11) is 0. The summed E-state index contributed by atoms with van der Waals surface area (Å²) in [6, 6.07) is 5.96. The molecule has 0 bridgehead atoms. The lowest BCUT2D eigenvalue weighted by Crippen LogP contribution is -2.28. The van der Waals surface area contributed by atoms with E-state index in [9.17, 15) is 4.79 Å². The van der Waals surface area contributed by atoms with E-state index < -0.39 is 5.97 Å². The van der Waals surface area contributed by atoms with Crippen molar-refractivity contribution in [3.63, 3.8) is 0 Å². The second kappa shape index (κ2) is 7.43. The van der Waals surface area contributed by atoms with E-state index in [4.69, 9.17) is 16.7 Å². The first-order chi connectivity index (χ1) is 9.56. The van der Waals surface area contributed by atoms with Crippen molar-refractivity contribution in [2.75, 3.05) is 6.54 Å². The Labute approximate surface area is 132 Å². The van der Waals surface area contributed by atoms with Gasteiger partial charge in [-0.15, -0.1) is 0 Å². The predicted molar refractivity (Wildman–Crippen MR) is 83.9 cm³/mol. The van der Waals surface area contributed by atoms with E-state index in [-0.39, 0.29) is 5.92 Å². The van der Waals surface area contributed by atoms with Gasteiger partial charge in [0.15, 0.2) is 0 Å². The van der Waals surface area contributed by atoms with Crippen LogP contribution < -0.4 is 5.32 Å². The summed E-state index contributed by atoms with van der Waals surface area (Å²) < 4.78 is 0.912. The second-order valence-corrected chi connectivity index (χ2v) is 6.70. The minimum Gasteiger partial charge on any atom is -0.481 e. The first kappa shape index (κ1) is 15.8. The summed E-state index contributed by atoms with van der Waals surface area (Å²) in [4.78, 5) is 10.9. The van der Waals surface area contributed by atoms with Gasteiger partial charge < -0.3 is 10.4 Å². The summed E-state index contributed by atoms with van der Waals surface area (Å²) in [6.45, 7) is 1.74. The minimum absolute atomic E-state index is 0.128. The summed E-state index contributed by atoms with van der Waals surface area (Å²) in [5.41, 5.74) is 1.16. The molecule has 0 amide bonds. The Hall–Kier alpha value is -0.580. The molecular weight excluding hydrogens is 342 g/mol. The molecule has 3 nitrogen and oxygen atoms in total. The highest BCUT2D eigenvalue weighted by molar-refractivity contribution is 9.10. The van der Waals surface area contributed by atoms with Crippen molar-refractivity contribution in [2.24, 2.45) is 11.8 Å². The fourth-order valence-corrected chi connectivity index (χ4v) is 3.13. The lowest BCUT2D eigenvalue weighted by Gasteiger charge is -2.26. The molecule has 0 aromatic heterocycles. The summed E-state index contributed by atoms with van der Waals surface area (Å²) in [5, 5.41) is 13.1. The highest BCUT2D eigenvalue weighted by Crippen LogP contribution is 2.28. The lowest BCUT2D eigenvalue weighted by atomic mass is 9.82. The van der Waals surface area contributed by atoms with Crippen LogP contribution in [0.1, 0.15) is 31.2 Å². The number of hydrogen-bond acceptors (Lipinski definition) is 2. The van der Waals surface area contributed by atoms with Gasteiger partial charge in [-0.05, 0) is 71.8 Å².